The van der Waals surface area contributed by atoms with Gasteiger partial charge in [0.2, 0.25) is 0 Å². The van der Waals surface area contributed by atoms with E-state index in [1.807, 2.05) is 72.8 Å². The average Bonchev–Trinajstić information content (AvgIpc) is 2.88. The fourth-order valence-corrected chi connectivity index (χ4v) is 4.58. The maximum atomic E-state index is 13.2. The van der Waals surface area contributed by atoms with Crippen LogP contribution in [0.5, 0.6) is 5.75 Å². The van der Waals surface area contributed by atoms with Crippen molar-refractivity contribution >= 4 is 11.4 Å². The Labute approximate surface area is 194 Å². The maximum Gasteiger partial charge on any atom is 0.173 e. The zero-order valence-electron chi connectivity index (χ0n) is 18.6. The standard InChI is InChI=1S/C29H28O4/c30-29-26-16-15-25(32-19-22-9-5-2-6-10-22)17-28(26)33-20-27(29)23-11-13-24(14-12-23)31-18-21-7-3-1-4-8-21/h1-14,20,25-26,28H,15-19H2. The smallest absolute Gasteiger partial charge is 0.173 e. The molecule has 168 valence electrons. The van der Waals surface area contributed by atoms with Gasteiger partial charge in [0.05, 0.1) is 30.5 Å². The van der Waals surface area contributed by atoms with Gasteiger partial charge in [-0.2, -0.15) is 0 Å². The van der Waals surface area contributed by atoms with E-state index >= 15 is 0 Å². The van der Waals surface area contributed by atoms with E-state index in [4.69, 9.17) is 14.2 Å². The van der Waals surface area contributed by atoms with Crippen molar-refractivity contribution in [2.75, 3.05) is 0 Å². The van der Waals surface area contributed by atoms with Gasteiger partial charge in [-0.3, -0.25) is 4.79 Å². The molecule has 3 atom stereocenters. The lowest BCUT2D eigenvalue weighted by atomic mass is 9.78. The summed E-state index contributed by atoms with van der Waals surface area (Å²) in [4.78, 5) is 13.2. The molecule has 1 fully saturated rings. The Kier molecular flexibility index (Phi) is 6.54. The number of ether oxygens (including phenoxy) is 3. The molecule has 0 bridgehead atoms. The first-order chi connectivity index (χ1) is 16.3. The van der Waals surface area contributed by atoms with Gasteiger partial charge in [0, 0.05) is 6.42 Å². The molecule has 5 rings (SSSR count). The van der Waals surface area contributed by atoms with Crippen LogP contribution in [0.2, 0.25) is 0 Å². The number of hydrogen-bond acceptors (Lipinski definition) is 4. The fourth-order valence-electron chi connectivity index (χ4n) is 4.58. The van der Waals surface area contributed by atoms with Crippen LogP contribution in [0.1, 0.15) is 36.0 Å². The molecule has 0 spiro atoms. The number of benzene rings is 3. The first-order valence-corrected chi connectivity index (χ1v) is 11.6. The lowest BCUT2D eigenvalue weighted by molar-refractivity contribution is -0.128. The van der Waals surface area contributed by atoms with E-state index < -0.39 is 0 Å². The minimum atomic E-state index is -0.107. The minimum Gasteiger partial charge on any atom is -0.496 e. The molecule has 0 N–H and O–H groups in total. The number of hydrogen-bond donors (Lipinski definition) is 0. The summed E-state index contributed by atoms with van der Waals surface area (Å²) in [7, 11) is 0. The molecule has 1 aliphatic carbocycles. The van der Waals surface area contributed by atoms with Crippen LogP contribution in [0.3, 0.4) is 0 Å². The predicted molar refractivity (Wildman–Crippen MR) is 127 cm³/mol. The molecule has 3 aromatic rings. The third-order valence-electron chi connectivity index (χ3n) is 6.45. The van der Waals surface area contributed by atoms with Gasteiger partial charge in [-0.15, -0.1) is 0 Å². The van der Waals surface area contributed by atoms with Gasteiger partial charge in [0.25, 0.3) is 0 Å². The Morgan fingerprint density at radius 3 is 2.15 bits per heavy atom. The average molecular weight is 441 g/mol. The predicted octanol–water partition coefficient (Wildman–Crippen LogP) is 5.96. The van der Waals surface area contributed by atoms with Gasteiger partial charge >= 0.3 is 0 Å². The van der Waals surface area contributed by atoms with E-state index in [0.717, 1.165) is 36.1 Å². The Morgan fingerprint density at radius 2 is 1.45 bits per heavy atom. The molecule has 1 aliphatic heterocycles. The van der Waals surface area contributed by atoms with E-state index in [1.54, 1.807) is 6.26 Å². The molecule has 0 saturated heterocycles. The van der Waals surface area contributed by atoms with Crippen molar-refractivity contribution in [2.45, 2.75) is 44.7 Å². The number of carbonyl (C=O) groups is 1. The SMILES string of the molecule is O=C1C(c2ccc(OCc3ccccc3)cc2)=COC2CC(OCc3ccccc3)CCC12. The number of rotatable bonds is 7. The Bertz CT molecular complexity index is 1090. The first-order valence-electron chi connectivity index (χ1n) is 11.6. The van der Waals surface area contributed by atoms with Gasteiger partial charge in [-0.25, -0.2) is 0 Å². The van der Waals surface area contributed by atoms with E-state index in [-0.39, 0.29) is 23.9 Å². The van der Waals surface area contributed by atoms with Crippen LogP contribution in [-0.4, -0.2) is 18.0 Å². The molecular weight excluding hydrogens is 412 g/mol. The van der Waals surface area contributed by atoms with Gasteiger partial charge < -0.3 is 14.2 Å². The summed E-state index contributed by atoms with van der Waals surface area (Å²) >= 11 is 0. The van der Waals surface area contributed by atoms with Crippen molar-refractivity contribution in [1.82, 2.24) is 0 Å². The first kappa shape index (κ1) is 21.5. The number of fused-ring (bicyclic) bond motifs is 1. The van der Waals surface area contributed by atoms with Gasteiger partial charge in [0.1, 0.15) is 18.5 Å². The summed E-state index contributed by atoms with van der Waals surface area (Å²) in [5.41, 5.74) is 3.80. The molecule has 1 saturated carbocycles. The summed E-state index contributed by atoms with van der Waals surface area (Å²) in [5.74, 6) is 0.850. The summed E-state index contributed by atoms with van der Waals surface area (Å²) in [6.07, 6.45) is 4.07. The summed E-state index contributed by atoms with van der Waals surface area (Å²) in [5, 5.41) is 0. The monoisotopic (exact) mass is 440 g/mol. The van der Waals surface area contributed by atoms with Crippen molar-refractivity contribution < 1.29 is 19.0 Å². The van der Waals surface area contributed by atoms with Crippen LogP contribution in [0, 0.1) is 5.92 Å². The molecule has 0 radical (unpaired) electrons. The number of carbonyl (C=O) groups excluding carboxylic acids is 1. The van der Waals surface area contributed by atoms with Crippen LogP contribution < -0.4 is 4.74 Å². The second-order valence-corrected chi connectivity index (χ2v) is 8.71. The van der Waals surface area contributed by atoms with Crippen molar-refractivity contribution in [3.05, 3.63) is 108 Å². The van der Waals surface area contributed by atoms with Crippen molar-refractivity contribution in [1.29, 1.82) is 0 Å². The third-order valence-corrected chi connectivity index (χ3v) is 6.45. The number of Topliss-reactive ketones (excluding diaryl/α,β-unsaturated/α-hetero) is 1. The molecule has 2 aliphatic rings. The van der Waals surface area contributed by atoms with Crippen LogP contribution in [0.4, 0.5) is 0 Å². The minimum absolute atomic E-state index is 0.101. The highest BCUT2D eigenvalue weighted by molar-refractivity contribution is 6.22. The topological polar surface area (TPSA) is 44.8 Å². The highest BCUT2D eigenvalue weighted by atomic mass is 16.5. The molecule has 3 unspecified atom stereocenters. The number of ketones is 1. The quantitative estimate of drug-likeness (QED) is 0.455. The van der Waals surface area contributed by atoms with E-state index in [2.05, 4.69) is 12.1 Å². The fraction of sp³-hybridized carbons (Fsp3) is 0.276. The zero-order chi connectivity index (χ0) is 22.5. The van der Waals surface area contributed by atoms with Gasteiger partial charge in [-0.05, 0) is 41.7 Å². The maximum absolute atomic E-state index is 13.2. The summed E-state index contributed by atoms with van der Waals surface area (Å²) in [6.45, 7) is 1.11. The van der Waals surface area contributed by atoms with Crippen molar-refractivity contribution in [3.63, 3.8) is 0 Å². The molecule has 4 nitrogen and oxygen atoms in total. The van der Waals surface area contributed by atoms with Crippen LogP contribution in [0.25, 0.3) is 5.57 Å². The Hall–Kier alpha value is -3.37. The van der Waals surface area contributed by atoms with E-state index in [0.29, 0.717) is 18.8 Å². The lowest BCUT2D eigenvalue weighted by Gasteiger charge is -2.37. The molecule has 4 heteroatoms. The molecule has 3 aromatic carbocycles. The Morgan fingerprint density at radius 1 is 0.788 bits per heavy atom. The van der Waals surface area contributed by atoms with Gasteiger partial charge in [0.15, 0.2) is 5.78 Å². The normalized spacial score (nSPS) is 22.1. The Balaban J connectivity index is 1.18. The second kappa shape index (κ2) is 10.1. The van der Waals surface area contributed by atoms with Crippen LogP contribution in [-0.2, 0) is 27.5 Å². The zero-order valence-corrected chi connectivity index (χ0v) is 18.6. The molecule has 0 amide bonds. The number of allylic oxidation sites excluding steroid dienone is 1. The lowest BCUT2D eigenvalue weighted by Crippen LogP contribution is -2.41. The van der Waals surface area contributed by atoms with E-state index in [9.17, 15) is 4.79 Å². The van der Waals surface area contributed by atoms with Crippen molar-refractivity contribution in [3.8, 4) is 5.75 Å². The summed E-state index contributed by atoms with van der Waals surface area (Å²) in [6, 6.07) is 27.9. The van der Waals surface area contributed by atoms with Crippen LogP contribution >= 0.6 is 0 Å². The molecule has 0 aromatic heterocycles. The third kappa shape index (κ3) is 5.18. The van der Waals surface area contributed by atoms with Crippen molar-refractivity contribution in [2.24, 2.45) is 5.92 Å². The highest BCUT2D eigenvalue weighted by Crippen LogP contribution is 2.37. The second-order valence-electron chi connectivity index (χ2n) is 8.71. The summed E-state index contributed by atoms with van der Waals surface area (Å²) < 4.78 is 18.0. The molecular formula is C29H28O4. The van der Waals surface area contributed by atoms with E-state index in [1.165, 1.54) is 5.56 Å². The van der Waals surface area contributed by atoms with Crippen LogP contribution in [0.15, 0.2) is 91.2 Å². The molecule has 33 heavy (non-hydrogen) atoms. The molecule has 1 heterocycles. The van der Waals surface area contributed by atoms with Gasteiger partial charge in [-0.1, -0.05) is 72.8 Å². The largest absolute Gasteiger partial charge is 0.496 e. The highest BCUT2D eigenvalue weighted by Gasteiger charge is 2.40.